The van der Waals surface area contributed by atoms with E-state index in [1.165, 1.54) is 24.3 Å². The fourth-order valence-electron chi connectivity index (χ4n) is 0.391. The fourth-order valence-corrected chi connectivity index (χ4v) is 1.17. The summed E-state index contributed by atoms with van der Waals surface area (Å²) >= 11 is 2.05. The first-order valence-electron chi connectivity index (χ1n) is 2.99. The van der Waals surface area contributed by atoms with Crippen LogP contribution in [0.4, 0.5) is 0 Å². The van der Waals surface area contributed by atoms with Gasteiger partial charge in [0.1, 0.15) is 0 Å². The Kier molecular flexibility index (Phi) is 15.9. The van der Waals surface area contributed by atoms with Crippen LogP contribution in [-0.2, 0) is 0 Å². The fraction of sp³-hybridized carbons (Fsp3) is 1.00. The Balaban J connectivity index is 0. The van der Waals surface area contributed by atoms with Gasteiger partial charge in [0.15, 0.2) is 0 Å². The van der Waals surface area contributed by atoms with Gasteiger partial charge in [-0.05, 0) is 24.3 Å². The molecule has 0 aromatic rings. The second kappa shape index (κ2) is 10.8. The van der Waals surface area contributed by atoms with Crippen LogP contribution < -0.4 is 0 Å². The summed E-state index contributed by atoms with van der Waals surface area (Å²) in [5.74, 6) is 2.68. The molecular weight excluding hydrogens is 111 g/mol. The van der Waals surface area contributed by atoms with E-state index in [1.807, 2.05) is 0 Å². The quantitative estimate of drug-likeness (QED) is 0.409. The Morgan fingerprint density at radius 1 is 1.00 bits per heavy atom. The van der Waals surface area contributed by atoms with E-state index in [-0.39, 0.29) is 18.9 Å². The van der Waals surface area contributed by atoms with Crippen LogP contribution in [0.5, 0.6) is 0 Å². The van der Waals surface area contributed by atoms with Crippen molar-refractivity contribution in [3.63, 3.8) is 0 Å². The molecule has 0 N–H and O–H groups in total. The molecule has 0 bridgehead atoms. The summed E-state index contributed by atoms with van der Waals surface area (Å²) < 4.78 is 0. The van der Waals surface area contributed by atoms with Crippen molar-refractivity contribution in [2.45, 2.75) is 26.7 Å². The van der Waals surface area contributed by atoms with Crippen molar-refractivity contribution in [1.29, 1.82) is 0 Å². The SMILES string of the molecule is CCCSCCC.[LiH]. The Bertz CT molecular complexity index is 27.7. The van der Waals surface area contributed by atoms with Crippen LogP contribution in [0.15, 0.2) is 0 Å². The van der Waals surface area contributed by atoms with E-state index in [4.69, 9.17) is 0 Å². The van der Waals surface area contributed by atoms with E-state index in [9.17, 15) is 0 Å². The van der Waals surface area contributed by atoms with E-state index in [1.54, 1.807) is 0 Å². The second-order valence-electron chi connectivity index (χ2n) is 1.61. The van der Waals surface area contributed by atoms with Crippen molar-refractivity contribution < 1.29 is 0 Å². The van der Waals surface area contributed by atoms with E-state index < -0.39 is 0 Å². The third kappa shape index (κ3) is 10.0. The molecule has 0 rings (SSSR count). The maximum atomic E-state index is 2.22. The van der Waals surface area contributed by atoms with E-state index in [0.717, 1.165) is 0 Å². The molecule has 0 aliphatic carbocycles. The predicted molar refractivity (Wildman–Crippen MR) is 45.1 cm³/mol. The molecule has 0 nitrogen and oxygen atoms in total. The topological polar surface area (TPSA) is 0 Å². The summed E-state index contributed by atoms with van der Waals surface area (Å²) in [5.41, 5.74) is 0. The number of hydrogen-bond donors (Lipinski definition) is 0. The van der Waals surface area contributed by atoms with Gasteiger partial charge < -0.3 is 0 Å². The summed E-state index contributed by atoms with van der Waals surface area (Å²) in [4.78, 5) is 0. The number of thioether (sulfide) groups is 1. The first kappa shape index (κ1) is 11.7. The summed E-state index contributed by atoms with van der Waals surface area (Å²) in [6.45, 7) is 4.45. The van der Waals surface area contributed by atoms with Crippen molar-refractivity contribution in [3.8, 4) is 0 Å². The molecule has 0 spiro atoms. The molecule has 2 heteroatoms. The van der Waals surface area contributed by atoms with Gasteiger partial charge in [0, 0.05) is 0 Å². The van der Waals surface area contributed by atoms with Crippen LogP contribution in [0.1, 0.15) is 26.7 Å². The molecule has 0 aromatic carbocycles. The van der Waals surface area contributed by atoms with Gasteiger partial charge in [0.2, 0.25) is 0 Å². The van der Waals surface area contributed by atoms with Gasteiger partial charge in [0.05, 0.1) is 0 Å². The third-order valence-electron chi connectivity index (χ3n) is 0.697. The van der Waals surface area contributed by atoms with Gasteiger partial charge >= 0.3 is 18.9 Å². The number of rotatable bonds is 4. The minimum atomic E-state index is 0. The molecule has 0 aliphatic heterocycles. The third-order valence-corrected chi connectivity index (χ3v) is 2.09. The zero-order valence-electron chi connectivity index (χ0n) is 5.24. The molecule has 0 saturated heterocycles. The summed E-state index contributed by atoms with van der Waals surface area (Å²) in [5, 5.41) is 0. The van der Waals surface area contributed by atoms with Gasteiger partial charge in [-0.3, -0.25) is 0 Å². The van der Waals surface area contributed by atoms with Gasteiger partial charge in [-0.1, -0.05) is 13.8 Å². The number of hydrogen-bond acceptors (Lipinski definition) is 1. The zero-order chi connectivity index (χ0) is 5.54. The first-order chi connectivity index (χ1) is 3.41. The molecule has 0 unspecified atom stereocenters. The molecule has 46 valence electrons. The molecule has 0 amide bonds. The molecule has 0 saturated carbocycles. The van der Waals surface area contributed by atoms with Gasteiger partial charge in [-0.2, -0.15) is 11.8 Å². The molecule has 0 aromatic heterocycles. The molecule has 0 heterocycles. The summed E-state index contributed by atoms with van der Waals surface area (Å²) in [7, 11) is 0. The van der Waals surface area contributed by atoms with Crippen molar-refractivity contribution in [3.05, 3.63) is 0 Å². The molecule has 0 fully saturated rings. The predicted octanol–water partition coefficient (Wildman–Crippen LogP) is 1.89. The van der Waals surface area contributed by atoms with Crippen molar-refractivity contribution in [2.24, 2.45) is 0 Å². The van der Waals surface area contributed by atoms with Crippen LogP contribution in [-0.4, -0.2) is 30.4 Å². The Hall–Kier alpha value is 0.947. The molecule has 8 heavy (non-hydrogen) atoms. The van der Waals surface area contributed by atoms with Crippen LogP contribution in [0.3, 0.4) is 0 Å². The monoisotopic (exact) mass is 126 g/mol. The second-order valence-corrected chi connectivity index (χ2v) is 2.84. The van der Waals surface area contributed by atoms with Crippen molar-refractivity contribution in [2.75, 3.05) is 11.5 Å². The average Bonchev–Trinajstić information content (AvgIpc) is 1.69. The first-order valence-corrected chi connectivity index (χ1v) is 4.15. The van der Waals surface area contributed by atoms with Gasteiger partial charge in [-0.15, -0.1) is 0 Å². The van der Waals surface area contributed by atoms with Gasteiger partial charge in [-0.25, -0.2) is 0 Å². The van der Waals surface area contributed by atoms with Crippen molar-refractivity contribution >= 4 is 30.6 Å². The molecule has 0 aliphatic rings. The molecular formula is C6H15LiS. The van der Waals surface area contributed by atoms with E-state index in [0.29, 0.717) is 0 Å². The Morgan fingerprint density at radius 2 is 1.38 bits per heavy atom. The average molecular weight is 126 g/mol. The molecule has 0 atom stereocenters. The Labute approximate surface area is 69.0 Å². The zero-order valence-corrected chi connectivity index (χ0v) is 6.05. The van der Waals surface area contributed by atoms with Gasteiger partial charge in [0.25, 0.3) is 0 Å². The Morgan fingerprint density at radius 3 is 1.62 bits per heavy atom. The van der Waals surface area contributed by atoms with Crippen LogP contribution in [0.25, 0.3) is 0 Å². The maximum absolute atomic E-state index is 2.22. The minimum absolute atomic E-state index is 0. The molecule has 0 radical (unpaired) electrons. The van der Waals surface area contributed by atoms with Crippen LogP contribution >= 0.6 is 11.8 Å². The van der Waals surface area contributed by atoms with Crippen molar-refractivity contribution in [1.82, 2.24) is 0 Å². The van der Waals surface area contributed by atoms with Crippen LogP contribution in [0.2, 0.25) is 0 Å². The summed E-state index contributed by atoms with van der Waals surface area (Å²) in [6.07, 6.45) is 2.65. The van der Waals surface area contributed by atoms with E-state index >= 15 is 0 Å². The normalized spacial score (nSPS) is 8.25. The standard InChI is InChI=1S/C6H14S.Li.H/c1-3-5-7-6-4-2;;/h3-6H2,1-2H3;;. The van der Waals surface area contributed by atoms with E-state index in [2.05, 4.69) is 25.6 Å². The van der Waals surface area contributed by atoms with Crippen LogP contribution in [0, 0.1) is 0 Å². The summed E-state index contributed by atoms with van der Waals surface area (Å²) in [6, 6.07) is 0.